The maximum absolute atomic E-state index is 11.7. The first-order valence-corrected chi connectivity index (χ1v) is 7.61. The quantitative estimate of drug-likeness (QED) is 0.744. The molecule has 2 rings (SSSR count). The number of thiazole rings is 1. The Balaban J connectivity index is 2.44. The predicted octanol–water partition coefficient (Wildman–Crippen LogP) is 4.71. The van der Waals surface area contributed by atoms with Crippen LogP contribution in [-0.2, 0) is 4.74 Å². The van der Waals surface area contributed by atoms with Gasteiger partial charge in [-0.1, -0.05) is 27.5 Å². The zero-order valence-electron chi connectivity index (χ0n) is 10.4. The highest BCUT2D eigenvalue weighted by molar-refractivity contribution is 9.10. The third kappa shape index (κ3) is 3.16. The molecule has 0 spiro atoms. The van der Waals surface area contributed by atoms with Gasteiger partial charge < -0.3 is 4.74 Å². The number of aromatic nitrogens is 1. The Labute approximate surface area is 128 Å². The second kappa shape index (κ2) is 6.03. The Bertz CT molecular complexity index is 627. The van der Waals surface area contributed by atoms with E-state index in [4.69, 9.17) is 16.3 Å². The summed E-state index contributed by atoms with van der Waals surface area (Å²) in [6.45, 7) is 3.96. The molecule has 1 heterocycles. The standard InChI is InChI=1S/C13H11BrClNO2S/c1-3-18-13(17)11-7(2)19-12(16-11)9-6-8(15)4-5-10(9)14/h4-6H,3H2,1-2H3. The van der Waals surface area contributed by atoms with Gasteiger partial charge in [-0.2, -0.15) is 0 Å². The molecule has 0 aliphatic rings. The molecule has 1 aromatic carbocycles. The minimum absolute atomic E-state index is 0.339. The van der Waals surface area contributed by atoms with Crippen molar-refractivity contribution in [2.75, 3.05) is 6.61 Å². The number of esters is 1. The maximum atomic E-state index is 11.7. The molecule has 0 unspecified atom stereocenters. The van der Waals surface area contributed by atoms with E-state index in [0.717, 1.165) is 19.9 Å². The van der Waals surface area contributed by atoms with Crippen LogP contribution in [0.3, 0.4) is 0 Å². The van der Waals surface area contributed by atoms with Gasteiger partial charge in [0.2, 0.25) is 0 Å². The first kappa shape index (κ1) is 14.5. The Morgan fingerprint density at radius 2 is 2.26 bits per heavy atom. The number of hydrogen-bond donors (Lipinski definition) is 0. The van der Waals surface area contributed by atoms with Crippen molar-refractivity contribution >= 4 is 44.8 Å². The van der Waals surface area contributed by atoms with Gasteiger partial charge in [-0.25, -0.2) is 9.78 Å². The average Bonchev–Trinajstić information content (AvgIpc) is 2.74. The fourth-order valence-electron chi connectivity index (χ4n) is 1.56. The third-order valence-electron chi connectivity index (χ3n) is 2.42. The minimum atomic E-state index is -0.388. The van der Waals surface area contributed by atoms with E-state index >= 15 is 0 Å². The molecule has 0 saturated carbocycles. The van der Waals surface area contributed by atoms with Gasteiger partial charge in [-0.05, 0) is 32.0 Å². The molecule has 0 N–H and O–H groups in total. The molecule has 0 amide bonds. The first-order chi connectivity index (χ1) is 9.02. The lowest BCUT2D eigenvalue weighted by molar-refractivity contribution is 0.0519. The fraction of sp³-hybridized carbons (Fsp3) is 0.231. The van der Waals surface area contributed by atoms with Gasteiger partial charge in [0.1, 0.15) is 5.01 Å². The number of nitrogens with zero attached hydrogens (tertiary/aromatic N) is 1. The van der Waals surface area contributed by atoms with Gasteiger partial charge in [0.25, 0.3) is 0 Å². The van der Waals surface area contributed by atoms with E-state index in [1.54, 1.807) is 13.0 Å². The van der Waals surface area contributed by atoms with Crippen LogP contribution in [0.25, 0.3) is 10.6 Å². The van der Waals surface area contributed by atoms with Crippen LogP contribution in [-0.4, -0.2) is 17.6 Å². The lowest BCUT2D eigenvalue weighted by atomic mass is 10.2. The number of hydrogen-bond acceptors (Lipinski definition) is 4. The van der Waals surface area contributed by atoms with Gasteiger partial charge in [0.15, 0.2) is 5.69 Å². The zero-order chi connectivity index (χ0) is 14.0. The summed E-state index contributed by atoms with van der Waals surface area (Å²) in [4.78, 5) is 16.9. The van der Waals surface area contributed by atoms with Crippen molar-refractivity contribution in [3.05, 3.63) is 38.3 Å². The molecule has 19 heavy (non-hydrogen) atoms. The van der Waals surface area contributed by atoms with E-state index in [1.807, 2.05) is 19.1 Å². The van der Waals surface area contributed by atoms with Gasteiger partial charge in [0.05, 0.1) is 6.61 Å². The number of carbonyl (C=O) groups excluding carboxylic acids is 1. The number of ether oxygens (including phenoxy) is 1. The van der Waals surface area contributed by atoms with Crippen LogP contribution in [0.1, 0.15) is 22.3 Å². The summed E-state index contributed by atoms with van der Waals surface area (Å²) in [5.41, 5.74) is 1.24. The summed E-state index contributed by atoms with van der Waals surface area (Å²) >= 11 is 10.9. The van der Waals surface area contributed by atoms with E-state index in [-0.39, 0.29) is 5.97 Å². The Morgan fingerprint density at radius 1 is 1.53 bits per heavy atom. The molecule has 0 aliphatic carbocycles. The van der Waals surface area contributed by atoms with E-state index in [9.17, 15) is 4.79 Å². The van der Waals surface area contributed by atoms with Crippen molar-refractivity contribution in [2.45, 2.75) is 13.8 Å². The zero-order valence-corrected chi connectivity index (χ0v) is 13.5. The van der Waals surface area contributed by atoms with Crippen molar-refractivity contribution in [1.82, 2.24) is 4.98 Å². The molecule has 0 fully saturated rings. The van der Waals surface area contributed by atoms with Gasteiger partial charge in [-0.3, -0.25) is 0 Å². The smallest absolute Gasteiger partial charge is 0.358 e. The number of rotatable bonds is 3. The highest BCUT2D eigenvalue weighted by Crippen LogP contribution is 2.34. The van der Waals surface area contributed by atoms with Crippen LogP contribution in [0.15, 0.2) is 22.7 Å². The first-order valence-electron chi connectivity index (χ1n) is 5.63. The molecule has 1 aromatic heterocycles. The van der Waals surface area contributed by atoms with Gasteiger partial charge >= 0.3 is 5.97 Å². The highest BCUT2D eigenvalue weighted by atomic mass is 79.9. The summed E-state index contributed by atoms with van der Waals surface area (Å²) in [7, 11) is 0. The Hall–Kier alpha value is -0.910. The average molecular weight is 361 g/mol. The summed E-state index contributed by atoms with van der Waals surface area (Å²) in [6.07, 6.45) is 0. The van der Waals surface area contributed by atoms with Crippen molar-refractivity contribution in [1.29, 1.82) is 0 Å². The minimum Gasteiger partial charge on any atom is -0.461 e. The van der Waals surface area contributed by atoms with Crippen LogP contribution in [0.2, 0.25) is 5.02 Å². The van der Waals surface area contributed by atoms with E-state index in [0.29, 0.717) is 17.3 Å². The van der Waals surface area contributed by atoms with Crippen molar-refractivity contribution in [2.24, 2.45) is 0 Å². The summed E-state index contributed by atoms with van der Waals surface area (Å²) in [5.74, 6) is -0.388. The van der Waals surface area contributed by atoms with E-state index in [1.165, 1.54) is 11.3 Å². The topological polar surface area (TPSA) is 39.2 Å². The molecule has 3 nitrogen and oxygen atoms in total. The number of halogens is 2. The molecule has 0 saturated heterocycles. The molecule has 0 bridgehead atoms. The molecular formula is C13H11BrClNO2S. The maximum Gasteiger partial charge on any atom is 0.358 e. The molecule has 6 heteroatoms. The van der Waals surface area contributed by atoms with E-state index in [2.05, 4.69) is 20.9 Å². The number of carbonyl (C=O) groups is 1. The Morgan fingerprint density at radius 3 is 2.95 bits per heavy atom. The fourth-order valence-corrected chi connectivity index (χ4v) is 3.23. The predicted molar refractivity (Wildman–Crippen MR) is 81.0 cm³/mol. The lowest BCUT2D eigenvalue weighted by Crippen LogP contribution is -2.06. The van der Waals surface area contributed by atoms with Crippen LogP contribution in [0.5, 0.6) is 0 Å². The Kier molecular flexibility index (Phi) is 4.60. The highest BCUT2D eigenvalue weighted by Gasteiger charge is 2.18. The van der Waals surface area contributed by atoms with Gasteiger partial charge in [0, 0.05) is 19.9 Å². The van der Waals surface area contributed by atoms with Crippen LogP contribution in [0, 0.1) is 6.92 Å². The summed E-state index contributed by atoms with van der Waals surface area (Å²) < 4.78 is 5.87. The summed E-state index contributed by atoms with van der Waals surface area (Å²) in [6, 6.07) is 5.47. The van der Waals surface area contributed by atoms with Crippen molar-refractivity contribution in [3.63, 3.8) is 0 Å². The molecule has 2 aromatic rings. The second-order valence-corrected chi connectivity index (χ2v) is 6.26. The lowest BCUT2D eigenvalue weighted by Gasteiger charge is -2.01. The number of aryl methyl sites for hydroxylation is 1. The number of benzene rings is 1. The molecule has 0 aliphatic heterocycles. The van der Waals surface area contributed by atoms with Crippen molar-refractivity contribution < 1.29 is 9.53 Å². The van der Waals surface area contributed by atoms with Crippen LogP contribution >= 0.6 is 38.9 Å². The largest absolute Gasteiger partial charge is 0.461 e. The van der Waals surface area contributed by atoms with E-state index < -0.39 is 0 Å². The van der Waals surface area contributed by atoms with Crippen molar-refractivity contribution in [3.8, 4) is 10.6 Å². The SMILES string of the molecule is CCOC(=O)c1nc(-c2cc(Cl)ccc2Br)sc1C. The normalized spacial score (nSPS) is 10.5. The van der Waals surface area contributed by atoms with Crippen LogP contribution in [0.4, 0.5) is 0 Å². The second-order valence-electron chi connectivity index (χ2n) is 3.77. The molecule has 100 valence electrons. The van der Waals surface area contributed by atoms with Gasteiger partial charge in [-0.15, -0.1) is 11.3 Å². The molecular weight excluding hydrogens is 350 g/mol. The third-order valence-corrected chi connectivity index (χ3v) is 4.35. The molecule has 0 radical (unpaired) electrons. The summed E-state index contributed by atoms with van der Waals surface area (Å²) in [5, 5.41) is 1.37. The van der Waals surface area contributed by atoms with Crippen LogP contribution < -0.4 is 0 Å². The monoisotopic (exact) mass is 359 g/mol. The molecule has 0 atom stereocenters.